The fourth-order valence-corrected chi connectivity index (χ4v) is 3.49. The maximum absolute atomic E-state index is 14.2. The third kappa shape index (κ3) is 2.87. The number of hydrogen-bond acceptors (Lipinski definition) is 1. The minimum absolute atomic E-state index is 0.143. The van der Waals surface area contributed by atoms with Gasteiger partial charge in [0.2, 0.25) is 0 Å². The van der Waals surface area contributed by atoms with Crippen LogP contribution in [0.1, 0.15) is 29.5 Å². The summed E-state index contributed by atoms with van der Waals surface area (Å²) >= 11 is 3.12. The summed E-state index contributed by atoms with van der Waals surface area (Å²) < 4.78 is 28.7. The van der Waals surface area contributed by atoms with Crippen LogP contribution in [0.2, 0.25) is 0 Å². The Morgan fingerprint density at radius 3 is 2.33 bits per heavy atom. The lowest BCUT2D eigenvalue weighted by atomic mass is 9.98. The first kappa shape index (κ1) is 14.7. The summed E-state index contributed by atoms with van der Waals surface area (Å²) in [5, 5.41) is 3.09. The smallest absolute Gasteiger partial charge is 0.132 e. The van der Waals surface area contributed by atoms with E-state index in [-0.39, 0.29) is 17.5 Å². The lowest BCUT2D eigenvalue weighted by Crippen LogP contribution is -2.22. The van der Waals surface area contributed by atoms with Crippen molar-refractivity contribution < 1.29 is 8.78 Å². The van der Waals surface area contributed by atoms with E-state index in [4.69, 9.17) is 0 Å². The second kappa shape index (κ2) is 5.85. The van der Waals surface area contributed by atoms with Crippen LogP contribution in [0.4, 0.5) is 8.78 Å². The highest BCUT2D eigenvalue weighted by Crippen LogP contribution is 2.54. The first-order valence-corrected chi connectivity index (χ1v) is 7.77. The van der Waals surface area contributed by atoms with E-state index in [2.05, 4.69) is 33.4 Å². The molecular formula is C17H16BrF2N. The molecule has 3 unspecified atom stereocenters. The summed E-state index contributed by atoms with van der Waals surface area (Å²) in [6, 6.07) is 12.5. The van der Waals surface area contributed by atoms with E-state index in [9.17, 15) is 8.78 Å². The van der Waals surface area contributed by atoms with Gasteiger partial charge in [-0.1, -0.05) is 46.3 Å². The molecule has 0 aromatic heterocycles. The van der Waals surface area contributed by atoms with Crippen LogP contribution in [0.15, 0.2) is 46.9 Å². The van der Waals surface area contributed by atoms with Crippen molar-refractivity contribution in [2.75, 3.05) is 7.05 Å². The number of halogens is 3. The number of nitrogens with one attached hydrogen (secondary N) is 1. The Labute approximate surface area is 131 Å². The van der Waals surface area contributed by atoms with Crippen molar-refractivity contribution in [1.29, 1.82) is 0 Å². The molecule has 0 spiro atoms. The van der Waals surface area contributed by atoms with Crippen LogP contribution in [0, 0.1) is 17.6 Å². The number of benzene rings is 2. The van der Waals surface area contributed by atoms with Gasteiger partial charge in [-0.05, 0) is 43.0 Å². The molecule has 3 atom stereocenters. The third-order valence-corrected chi connectivity index (χ3v) is 4.62. The van der Waals surface area contributed by atoms with Crippen LogP contribution in [-0.2, 0) is 0 Å². The molecule has 1 aliphatic carbocycles. The van der Waals surface area contributed by atoms with Gasteiger partial charge < -0.3 is 5.32 Å². The SMILES string of the molecule is CNC(c1c(F)cc(Br)cc1F)C1CC1c1ccccc1. The van der Waals surface area contributed by atoms with E-state index in [0.29, 0.717) is 10.4 Å². The van der Waals surface area contributed by atoms with Crippen molar-refractivity contribution in [2.45, 2.75) is 18.4 Å². The molecule has 21 heavy (non-hydrogen) atoms. The molecule has 0 aliphatic heterocycles. The van der Waals surface area contributed by atoms with Crippen molar-refractivity contribution in [2.24, 2.45) is 5.92 Å². The van der Waals surface area contributed by atoms with E-state index < -0.39 is 11.6 Å². The molecule has 0 amide bonds. The average Bonchev–Trinajstić information content (AvgIpc) is 3.23. The second-order valence-corrected chi connectivity index (χ2v) is 6.38. The first-order chi connectivity index (χ1) is 10.1. The Balaban J connectivity index is 1.88. The molecule has 1 saturated carbocycles. The third-order valence-electron chi connectivity index (χ3n) is 4.16. The van der Waals surface area contributed by atoms with E-state index in [1.165, 1.54) is 17.7 Å². The van der Waals surface area contributed by atoms with Gasteiger partial charge in [0.25, 0.3) is 0 Å². The predicted octanol–water partition coefficient (Wildman–Crippen LogP) is 4.79. The van der Waals surface area contributed by atoms with E-state index >= 15 is 0 Å². The first-order valence-electron chi connectivity index (χ1n) is 6.98. The monoisotopic (exact) mass is 351 g/mol. The van der Waals surface area contributed by atoms with Gasteiger partial charge in [-0.25, -0.2) is 8.78 Å². The zero-order valence-corrected chi connectivity index (χ0v) is 13.2. The highest BCUT2D eigenvalue weighted by atomic mass is 79.9. The Morgan fingerprint density at radius 2 is 1.76 bits per heavy atom. The van der Waals surface area contributed by atoms with E-state index in [1.807, 2.05) is 18.2 Å². The maximum Gasteiger partial charge on any atom is 0.132 e. The summed E-state index contributed by atoms with van der Waals surface area (Å²) in [5.41, 5.74) is 1.38. The molecule has 0 saturated heterocycles. The van der Waals surface area contributed by atoms with Gasteiger partial charge in [-0.3, -0.25) is 0 Å². The van der Waals surface area contributed by atoms with E-state index in [1.54, 1.807) is 7.05 Å². The van der Waals surface area contributed by atoms with E-state index in [0.717, 1.165) is 6.42 Å². The van der Waals surface area contributed by atoms with Crippen LogP contribution in [0.5, 0.6) is 0 Å². The van der Waals surface area contributed by atoms with Crippen molar-refractivity contribution in [1.82, 2.24) is 5.32 Å². The zero-order valence-electron chi connectivity index (χ0n) is 11.6. The fourth-order valence-electron chi connectivity index (χ4n) is 3.09. The lowest BCUT2D eigenvalue weighted by molar-refractivity contribution is 0.452. The van der Waals surface area contributed by atoms with Gasteiger partial charge >= 0.3 is 0 Å². The quantitative estimate of drug-likeness (QED) is 0.834. The molecule has 0 heterocycles. The minimum Gasteiger partial charge on any atom is -0.313 e. The standard InChI is InChI=1S/C17H16BrF2N/c1-21-17(16-14(19)7-11(18)8-15(16)20)13-9-12(13)10-5-3-2-4-6-10/h2-8,12-13,17,21H,9H2,1H3. The minimum atomic E-state index is -0.500. The number of rotatable bonds is 4. The Bertz CT molecular complexity index is 621. The molecule has 1 aliphatic rings. The van der Waals surface area contributed by atoms with Gasteiger partial charge in [0.15, 0.2) is 0 Å². The van der Waals surface area contributed by atoms with Crippen LogP contribution >= 0.6 is 15.9 Å². The van der Waals surface area contributed by atoms with Crippen molar-refractivity contribution in [3.8, 4) is 0 Å². The molecule has 1 N–H and O–H groups in total. The molecule has 4 heteroatoms. The van der Waals surface area contributed by atoms with Gasteiger partial charge in [0.1, 0.15) is 11.6 Å². The van der Waals surface area contributed by atoms with Crippen LogP contribution < -0.4 is 5.32 Å². The summed E-state index contributed by atoms with van der Waals surface area (Å²) in [6.07, 6.45) is 0.949. The molecular weight excluding hydrogens is 336 g/mol. The lowest BCUT2D eigenvalue weighted by Gasteiger charge is -2.19. The Morgan fingerprint density at radius 1 is 1.14 bits per heavy atom. The fraction of sp³-hybridized carbons (Fsp3) is 0.294. The second-order valence-electron chi connectivity index (χ2n) is 5.47. The molecule has 1 fully saturated rings. The maximum atomic E-state index is 14.2. The van der Waals surface area contributed by atoms with Gasteiger partial charge in [0.05, 0.1) is 0 Å². The van der Waals surface area contributed by atoms with Crippen molar-refractivity contribution in [3.63, 3.8) is 0 Å². The normalized spacial score (nSPS) is 22.1. The topological polar surface area (TPSA) is 12.0 Å². The van der Waals surface area contributed by atoms with Gasteiger partial charge in [0, 0.05) is 16.1 Å². The summed E-state index contributed by atoms with van der Waals surface area (Å²) in [5.74, 6) is -0.409. The Kier molecular flexibility index (Phi) is 4.09. The summed E-state index contributed by atoms with van der Waals surface area (Å²) in [7, 11) is 1.76. The summed E-state index contributed by atoms with van der Waals surface area (Å²) in [6.45, 7) is 0. The molecule has 2 aromatic carbocycles. The molecule has 0 bridgehead atoms. The highest BCUT2D eigenvalue weighted by Gasteiger charge is 2.45. The molecule has 110 valence electrons. The van der Waals surface area contributed by atoms with Gasteiger partial charge in [-0.2, -0.15) is 0 Å². The Hall–Kier alpha value is -1.26. The van der Waals surface area contributed by atoms with Crippen LogP contribution in [-0.4, -0.2) is 7.05 Å². The predicted molar refractivity (Wildman–Crippen MR) is 83.1 cm³/mol. The molecule has 3 rings (SSSR count). The molecule has 1 nitrogen and oxygen atoms in total. The molecule has 2 aromatic rings. The van der Waals surface area contributed by atoms with Crippen LogP contribution in [0.25, 0.3) is 0 Å². The highest BCUT2D eigenvalue weighted by molar-refractivity contribution is 9.10. The van der Waals surface area contributed by atoms with Crippen LogP contribution in [0.3, 0.4) is 0 Å². The average molecular weight is 352 g/mol. The largest absolute Gasteiger partial charge is 0.313 e. The number of hydrogen-bond donors (Lipinski definition) is 1. The summed E-state index contributed by atoms with van der Waals surface area (Å²) in [4.78, 5) is 0. The van der Waals surface area contributed by atoms with Gasteiger partial charge in [-0.15, -0.1) is 0 Å². The molecule has 0 radical (unpaired) electrons. The zero-order chi connectivity index (χ0) is 15.0. The van der Waals surface area contributed by atoms with Crippen molar-refractivity contribution in [3.05, 3.63) is 69.7 Å². The van der Waals surface area contributed by atoms with Crippen molar-refractivity contribution >= 4 is 15.9 Å².